The Kier molecular flexibility index (Phi) is 6.55. The van der Waals surface area contributed by atoms with Gasteiger partial charge < -0.3 is 9.47 Å². The molecule has 1 rings (SSSR count). The van der Waals surface area contributed by atoms with Crippen molar-refractivity contribution in [2.45, 2.75) is 26.2 Å². The Hall–Kier alpha value is -1.16. The molecule has 0 saturated carbocycles. The molecule has 0 aliphatic rings. The molecule has 0 N–H and O–H groups in total. The normalized spacial score (nSPS) is 10.0. The third kappa shape index (κ3) is 5.63. The van der Waals surface area contributed by atoms with E-state index in [1.165, 1.54) is 30.2 Å². The van der Waals surface area contributed by atoms with Crippen LogP contribution in [0.25, 0.3) is 0 Å². The molecule has 4 heteroatoms. The second-order valence-corrected chi connectivity index (χ2v) is 4.46. The number of aryl methyl sites for hydroxylation is 1. The topological polar surface area (TPSA) is 35.5 Å². The second kappa shape index (κ2) is 8.01. The van der Waals surface area contributed by atoms with Crippen LogP contribution >= 0.6 is 11.8 Å². The first kappa shape index (κ1) is 13.9. The van der Waals surface area contributed by atoms with Crippen LogP contribution in [-0.2, 0) is 11.2 Å². The SMILES string of the molecule is CCCCc1ccc(OC(=O)OCSC)cc1. The Morgan fingerprint density at radius 2 is 2.00 bits per heavy atom. The molecular formula is C13H18O3S. The lowest BCUT2D eigenvalue weighted by Crippen LogP contribution is -2.09. The number of carbonyl (C=O) groups is 1. The summed E-state index contributed by atoms with van der Waals surface area (Å²) in [5.74, 6) is 0.837. The average molecular weight is 254 g/mol. The predicted octanol–water partition coefficient (Wildman–Crippen LogP) is 3.87. The van der Waals surface area contributed by atoms with Crippen molar-refractivity contribution in [2.75, 3.05) is 12.2 Å². The lowest BCUT2D eigenvalue weighted by atomic mass is 10.1. The maximum Gasteiger partial charge on any atom is 0.514 e. The molecule has 0 radical (unpaired) electrons. The van der Waals surface area contributed by atoms with E-state index in [2.05, 4.69) is 6.92 Å². The first-order chi connectivity index (χ1) is 8.26. The molecule has 1 aromatic carbocycles. The summed E-state index contributed by atoms with van der Waals surface area (Å²) < 4.78 is 9.79. The molecule has 0 aliphatic heterocycles. The van der Waals surface area contributed by atoms with Crippen molar-refractivity contribution in [1.82, 2.24) is 0 Å². The molecule has 0 saturated heterocycles. The van der Waals surface area contributed by atoms with E-state index in [0.29, 0.717) is 11.7 Å². The van der Waals surface area contributed by atoms with Gasteiger partial charge in [-0.1, -0.05) is 25.5 Å². The number of carbonyl (C=O) groups excluding carboxylic acids is 1. The van der Waals surface area contributed by atoms with Crippen molar-refractivity contribution in [2.24, 2.45) is 0 Å². The van der Waals surface area contributed by atoms with E-state index >= 15 is 0 Å². The quantitative estimate of drug-likeness (QED) is 0.438. The van der Waals surface area contributed by atoms with Gasteiger partial charge in [-0.05, 0) is 36.8 Å². The molecule has 0 unspecified atom stereocenters. The Morgan fingerprint density at radius 1 is 1.29 bits per heavy atom. The van der Waals surface area contributed by atoms with E-state index in [-0.39, 0.29) is 0 Å². The number of unbranched alkanes of at least 4 members (excludes halogenated alkanes) is 1. The van der Waals surface area contributed by atoms with Crippen molar-refractivity contribution in [3.63, 3.8) is 0 Å². The molecule has 0 bridgehead atoms. The lowest BCUT2D eigenvalue weighted by Gasteiger charge is -2.05. The fraction of sp³-hybridized carbons (Fsp3) is 0.462. The molecule has 17 heavy (non-hydrogen) atoms. The number of hydrogen-bond donors (Lipinski definition) is 0. The number of benzene rings is 1. The molecule has 0 fully saturated rings. The highest BCUT2D eigenvalue weighted by atomic mass is 32.2. The van der Waals surface area contributed by atoms with Crippen LogP contribution in [0.15, 0.2) is 24.3 Å². The molecular weight excluding hydrogens is 236 g/mol. The zero-order valence-electron chi connectivity index (χ0n) is 10.3. The molecule has 0 spiro atoms. The first-order valence-corrected chi connectivity index (χ1v) is 7.08. The number of ether oxygens (including phenoxy) is 2. The van der Waals surface area contributed by atoms with E-state index in [0.717, 1.165) is 6.42 Å². The van der Waals surface area contributed by atoms with Gasteiger partial charge in [0.15, 0.2) is 0 Å². The minimum Gasteiger partial charge on any atom is -0.423 e. The van der Waals surface area contributed by atoms with Gasteiger partial charge in [-0.3, -0.25) is 0 Å². The fourth-order valence-electron chi connectivity index (χ4n) is 1.34. The van der Waals surface area contributed by atoms with Gasteiger partial charge in [0.05, 0.1) is 0 Å². The van der Waals surface area contributed by atoms with Crippen LogP contribution in [0.2, 0.25) is 0 Å². The Morgan fingerprint density at radius 3 is 2.59 bits per heavy atom. The van der Waals surface area contributed by atoms with Gasteiger partial charge in [0.2, 0.25) is 0 Å². The summed E-state index contributed by atoms with van der Waals surface area (Å²) in [6.45, 7) is 2.17. The maximum atomic E-state index is 11.2. The summed E-state index contributed by atoms with van der Waals surface area (Å²) in [5, 5.41) is 0. The molecule has 0 amide bonds. The summed E-state index contributed by atoms with van der Waals surface area (Å²) in [4.78, 5) is 11.2. The predicted molar refractivity (Wildman–Crippen MR) is 70.5 cm³/mol. The molecule has 94 valence electrons. The molecule has 1 aromatic rings. The van der Waals surface area contributed by atoms with Gasteiger partial charge in [-0.2, -0.15) is 0 Å². The van der Waals surface area contributed by atoms with E-state index < -0.39 is 6.16 Å². The number of rotatable bonds is 6. The van der Waals surface area contributed by atoms with Gasteiger partial charge in [-0.15, -0.1) is 11.8 Å². The highest BCUT2D eigenvalue weighted by Gasteiger charge is 2.05. The standard InChI is InChI=1S/C13H18O3S/c1-3-4-5-11-6-8-12(9-7-11)16-13(14)15-10-17-2/h6-9H,3-5,10H2,1-2H3. The van der Waals surface area contributed by atoms with E-state index in [1.807, 2.05) is 18.4 Å². The summed E-state index contributed by atoms with van der Waals surface area (Å²) in [5.41, 5.74) is 1.26. The van der Waals surface area contributed by atoms with E-state index in [9.17, 15) is 4.79 Å². The molecule has 0 aromatic heterocycles. The zero-order valence-corrected chi connectivity index (χ0v) is 11.1. The summed E-state index contributed by atoms with van der Waals surface area (Å²) >= 11 is 1.43. The van der Waals surface area contributed by atoms with Crippen molar-refractivity contribution in [3.8, 4) is 5.75 Å². The average Bonchev–Trinajstić information content (AvgIpc) is 2.35. The largest absolute Gasteiger partial charge is 0.514 e. The Bertz CT molecular complexity index is 335. The third-order valence-electron chi connectivity index (χ3n) is 2.24. The molecule has 0 aliphatic carbocycles. The van der Waals surface area contributed by atoms with E-state index in [4.69, 9.17) is 9.47 Å². The molecule has 3 nitrogen and oxygen atoms in total. The van der Waals surface area contributed by atoms with Crippen molar-refractivity contribution < 1.29 is 14.3 Å². The van der Waals surface area contributed by atoms with Crippen LogP contribution in [-0.4, -0.2) is 18.4 Å². The van der Waals surface area contributed by atoms with Crippen molar-refractivity contribution >= 4 is 17.9 Å². The van der Waals surface area contributed by atoms with Gasteiger partial charge in [0.1, 0.15) is 11.7 Å². The van der Waals surface area contributed by atoms with Gasteiger partial charge in [0, 0.05) is 0 Å². The van der Waals surface area contributed by atoms with E-state index in [1.54, 1.807) is 12.1 Å². The fourth-order valence-corrected chi connectivity index (χ4v) is 1.55. The monoisotopic (exact) mass is 254 g/mol. The van der Waals surface area contributed by atoms with Crippen LogP contribution < -0.4 is 4.74 Å². The van der Waals surface area contributed by atoms with Crippen LogP contribution in [0.5, 0.6) is 5.75 Å². The van der Waals surface area contributed by atoms with Crippen LogP contribution in [0.4, 0.5) is 4.79 Å². The highest BCUT2D eigenvalue weighted by Crippen LogP contribution is 2.14. The minimum atomic E-state index is -0.652. The summed E-state index contributed by atoms with van der Waals surface area (Å²) in [6, 6.07) is 7.55. The number of hydrogen-bond acceptors (Lipinski definition) is 4. The highest BCUT2D eigenvalue weighted by molar-refractivity contribution is 7.98. The second-order valence-electron chi connectivity index (χ2n) is 3.65. The van der Waals surface area contributed by atoms with Crippen LogP contribution in [0.1, 0.15) is 25.3 Å². The first-order valence-electron chi connectivity index (χ1n) is 5.68. The third-order valence-corrected chi connectivity index (χ3v) is 2.59. The summed E-state index contributed by atoms with van der Waals surface area (Å²) in [7, 11) is 0. The smallest absolute Gasteiger partial charge is 0.423 e. The van der Waals surface area contributed by atoms with Gasteiger partial charge >= 0.3 is 6.16 Å². The van der Waals surface area contributed by atoms with Crippen LogP contribution in [0.3, 0.4) is 0 Å². The lowest BCUT2D eigenvalue weighted by molar-refractivity contribution is 0.116. The van der Waals surface area contributed by atoms with Crippen LogP contribution in [0, 0.1) is 0 Å². The summed E-state index contributed by atoms with van der Waals surface area (Å²) in [6.07, 6.45) is 4.62. The maximum absolute atomic E-state index is 11.2. The Labute approximate surface area is 106 Å². The van der Waals surface area contributed by atoms with Gasteiger partial charge in [0.25, 0.3) is 0 Å². The zero-order chi connectivity index (χ0) is 12.5. The molecule has 0 heterocycles. The molecule has 0 atom stereocenters. The number of thioether (sulfide) groups is 1. The van der Waals surface area contributed by atoms with Crippen molar-refractivity contribution in [1.29, 1.82) is 0 Å². The minimum absolute atomic E-state index is 0.313. The Balaban J connectivity index is 2.42. The van der Waals surface area contributed by atoms with Crippen molar-refractivity contribution in [3.05, 3.63) is 29.8 Å². The van der Waals surface area contributed by atoms with Gasteiger partial charge in [-0.25, -0.2) is 4.79 Å².